The Kier molecular flexibility index (Phi) is 3.17. The Balaban J connectivity index is 1.80. The summed E-state index contributed by atoms with van der Waals surface area (Å²) in [6.07, 6.45) is 3.98. The summed E-state index contributed by atoms with van der Waals surface area (Å²) in [7, 11) is 0. The number of hydrogen-bond acceptors (Lipinski definition) is 2. The highest BCUT2D eigenvalue weighted by molar-refractivity contribution is 5.74. The van der Waals surface area contributed by atoms with Gasteiger partial charge in [-0.05, 0) is 25.0 Å². The van der Waals surface area contributed by atoms with Crippen molar-refractivity contribution in [3.05, 3.63) is 30.1 Å². The number of hydrogen-bond donors (Lipinski definition) is 1. The number of pyridine rings is 1. The lowest BCUT2D eigenvalue weighted by atomic mass is 10.3. The number of nitrogens with zero attached hydrogens (tertiary/aromatic N) is 2. The van der Waals surface area contributed by atoms with Crippen molar-refractivity contribution in [1.82, 2.24) is 15.2 Å². The van der Waals surface area contributed by atoms with E-state index in [9.17, 15) is 4.79 Å². The third-order valence-electron chi connectivity index (χ3n) is 2.54. The Labute approximate surface area is 89.3 Å². The van der Waals surface area contributed by atoms with E-state index in [0.717, 1.165) is 31.6 Å². The van der Waals surface area contributed by atoms with Crippen molar-refractivity contribution in [3.8, 4) is 0 Å². The van der Waals surface area contributed by atoms with Gasteiger partial charge in [0.15, 0.2) is 0 Å². The summed E-state index contributed by atoms with van der Waals surface area (Å²) in [5.74, 6) is 0. The van der Waals surface area contributed by atoms with E-state index >= 15 is 0 Å². The molecule has 4 heteroatoms. The summed E-state index contributed by atoms with van der Waals surface area (Å²) in [4.78, 5) is 17.6. The third kappa shape index (κ3) is 2.68. The molecule has 2 rings (SSSR count). The fourth-order valence-corrected chi connectivity index (χ4v) is 1.70. The van der Waals surface area contributed by atoms with Crippen LogP contribution in [0.25, 0.3) is 0 Å². The Morgan fingerprint density at radius 1 is 1.40 bits per heavy atom. The van der Waals surface area contributed by atoms with Crippen molar-refractivity contribution < 1.29 is 4.79 Å². The molecule has 0 aliphatic carbocycles. The molecular weight excluding hydrogens is 190 g/mol. The molecule has 1 aliphatic rings. The topological polar surface area (TPSA) is 45.2 Å². The number of amides is 2. The van der Waals surface area contributed by atoms with Crippen molar-refractivity contribution >= 4 is 6.03 Å². The number of aromatic nitrogens is 1. The Bertz CT molecular complexity index is 320. The number of likely N-dealkylation sites (tertiary alicyclic amines) is 1. The van der Waals surface area contributed by atoms with Crippen LogP contribution in [0.15, 0.2) is 24.4 Å². The van der Waals surface area contributed by atoms with Crippen molar-refractivity contribution in [2.75, 3.05) is 13.1 Å². The van der Waals surface area contributed by atoms with Crippen molar-refractivity contribution in [1.29, 1.82) is 0 Å². The molecule has 0 atom stereocenters. The Morgan fingerprint density at radius 2 is 2.20 bits per heavy atom. The van der Waals surface area contributed by atoms with E-state index in [1.165, 1.54) is 0 Å². The van der Waals surface area contributed by atoms with E-state index in [0.29, 0.717) is 6.54 Å². The standard InChI is InChI=1S/C11H15N3O/c15-11(14-7-3-4-8-14)13-9-10-5-1-2-6-12-10/h1-2,5-6H,3-4,7-9H2,(H,13,15). The van der Waals surface area contributed by atoms with Gasteiger partial charge >= 0.3 is 6.03 Å². The Hall–Kier alpha value is -1.58. The summed E-state index contributed by atoms with van der Waals surface area (Å²) in [6.45, 7) is 2.28. The van der Waals surface area contributed by atoms with Gasteiger partial charge in [-0.1, -0.05) is 6.07 Å². The van der Waals surface area contributed by atoms with Gasteiger partial charge in [-0.25, -0.2) is 4.79 Å². The zero-order chi connectivity index (χ0) is 10.5. The van der Waals surface area contributed by atoms with Crippen molar-refractivity contribution in [2.45, 2.75) is 19.4 Å². The molecule has 4 nitrogen and oxygen atoms in total. The number of carbonyl (C=O) groups excluding carboxylic acids is 1. The smallest absolute Gasteiger partial charge is 0.317 e. The van der Waals surface area contributed by atoms with Crippen LogP contribution in [0.1, 0.15) is 18.5 Å². The van der Waals surface area contributed by atoms with Gasteiger partial charge in [0.1, 0.15) is 0 Å². The van der Waals surface area contributed by atoms with Gasteiger partial charge in [0.25, 0.3) is 0 Å². The van der Waals surface area contributed by atoms with Gasteiger partial charge < -0.3 is 10.2 Å². The first-order chi connectivity index (χ1) is 7.36. The van der Waals surface area contributed by atoms with Crippen LogP contribution in [0.2, 0.25) is 0 Å². The molecule has 0 unspecified atom stereocenters. The van der Waals surface area contributed by atoms with Crippen LogP contribution < -0.4 is 5.32 Å². The number of rotatable bonds is 2. The predicted octanol–water partition coefficient (Wildman–Crippen LogP) is 1.39. The van der Waals surface area contributed by atoms with E-state index in [1.54, 1.807) is 6.20 Å². The molecule has 1 saturated heterocycles. The minimum absolute atomic E-state index is 0.0261. The summed E-state index contributed by atoms with van der Waals surface area (Å²) in [5.41, 5.74) is 0.894. The lowest BCUT2D eigenvalue weighted by molar-refractivity contribution is 0.208. The molecule has 80 valence electrons. The third-order valence-corrected chi connectivity index (χ3v) is 2.54. The molecule has 1 aliphatic heterocycles. The van der Waals surface area contributed by atoms with Crippen LogP contribution >= 0.6 is 0 Å². The maximum absolute atomic E-state index is 11.6. The first-order valence-corrected chi connectivity index (χ1v) is 5.29. The minimum atomic E-state index is 0.0261. The molecule has 0 radical (unpaired) electrons. The monoisotopic (exact) mass is 205 g/mol. The lowest BCUT2D eigenvalue weighted by Gasteiger charge is -2.15. The first-order valence-electron chi connectivity index (χ1n) is 5.29. The van der Waals surface area contributed by atoms with Crippen molar-refractivity contribution in [2.24, 2.45) is 0 Å². The van der Waals surface area contributed by atoms with E-state index in [1.807, 2.05) is 23.1 Å². The number of nitrogens with one attached hydrogen (secondary N) is 1. The highest BCUT2D eigenvalue weighted by Gasteiger charge is 2.16. The SMILES string of the molecule is O=C(NCc1ccccn1)N1CCCC1. The molecule has 1 aromatic rings. The van der Waals surface area contributed by atoms with Gasteiger partial charge in [-0.2, -0.15) is 0 Å². The van der Waals surface area contributed by atoms with Crippen LogP contribution in [-0.2, 0) is 6.54 Å². The second-order valence-corrected chi connectivity index (χ2v) is 3.67. The molecule has 15 heavy (non-hydrogen) atoms. The molecule has 1 aromatic heterocycles. The van der Waals surface area contributed by atoms with Gasteiger partial charge in [0.2, 0.25) is 0 Å². The second kappa shape index (κ2) is 4.77. The zero-order valence-electron chi connectivity index (χ0n) is 8.65. The molecular formula is C11H15N3O. The molecule has 1 fully saturated rings. The fraction of sp³-hybridized carbons (Fsp3) is 0.455. The van der Waals surface area contributed by atoms with Crippen LogP contribution in [-0.4, -0.2) is 29.0 Å². The number of carbonyl (C=O) groups is 1. The zero-order valence-corrected chi connectivity index (χ0v) is 8.65. The van der Waals surface area contributed by atoms with Crippen LogP contribution in [0, 0.1) is 0 Å². The summed E-state index contributed by atoms with van der Waals surface area (Å²) < 4.78 is 0. The molecule has 1 N–H and O–H groups in total. The van der Waals surface area contributed by atoms with E-state index in [4.69, 9.17) is 0 Å². The maximum atomic E-state index is 11.6. The maximum Gasteiger partial charge on any atom is 0.317 e. The Morgan fingerprint density at radius 3 is 2.87 bits per heavy atom. The largest absolute Gasteiger partial charge is 0.332 e. The van der Waals surface area contributed by atoms with Crippen LogP contribution in [0.3, 0.4) is 0 Å². The molecule has 0 spiro atoms. The first kappa shape index (κ1) is 9.96. The van der Waals surface area contributed by atoms with Gasteiger partial charge in [-0.3, -0.25) is 4.98 Å². The van der Waals surface area contributed by atoms with Gasteiger partial charge in [0.05, 0.1) is 12.2 Å². The van der Waals surface area contributed by atoms with E-state index in [2.05, 4.69) is 10.3 Å². The molecule has 2 amide bonds. The number of urea groups is 1. The van der Waals surface area contributed by atoms with Gasteiger partial charge in [-0.15, -0.1) is 0 Å². The molecule has 0 aromatic carbocycles. The fourth-order valence-electron chi connectivity index (χ4n) is 1.70. The molecule has 2 heterocycles. The highest BCUT2D eigenvalue weighted by Crippen LogP contribution is 2.07. The summed E-state index contributed by atoms with van der Waals surface area (Å²) >= 11 is 0. The normalized spacial score (nSPS) is 15.3. The molecule has 0 bridgehead atoms. The quantitative estimate of drug-likeness (QED) is 0.793. The van der Waals surface area contributed by atoms with E-state index < -0.39 is 0 Å². The predicted molar refractivity (Wildman–Crippen MR) is 57.3 cm³/mol. The average Bonchev–Trinajstić information content (AvgIpc) is 2.81. The summed E-state index contributed by atoms with van der Waals surface area (Å²) in [6, 6.07) is 5.72. The van der Waals surface area contributed by atoms with Crippen LogP contribution in [0.5, 0.6) is 0 Å². The minimum Gasteiger partial charge on any atom is -0.332 e. The van der Waals surface area contributed by atoms with Crippen molar-refractivity contribution in [3.63, 3.8) is 0 Å². The molecule has 0 saturated carbocycles. The van der Waals surface area contributed by atoms with Crippen LogP contribution in [0.4, 0.5) is 4.79 Å². The lowest BCUT2D eigenvalue weighted by Crippen LogP contribution is -2.37. The summed E-state index contributed by atoms with van der Waals surface area (Å²) in [5, 5.41) is 2.87. The highest BCUT2D eigenvalue weighted by atomic mass is 16.2. The van der Waals surface area contributed by atoms with E-state index in [-0.39, 0.29) is 6.03 Å². The average molecular weight is 205 g/mol. The second-order valence-electron chi connectivity index (χ2n) is 3.67. The van der Waals surface area contributed by atoms with Gasteiger partial charge in [0, 0.05) is 19.3 Å².